The van der Waals surface area contributed by atoms with Gasteiger partial charge >= 0.3 is 0 Å². The number of benzene rings is 3. The molecular weight excluding hydrogens is 456 g/mol. The average molecular weight is 485 g/mol. The maximum Gasteiger partial charge on any atom is 0.247 e. The predicted octanol–water partition coefficient (Wildman–Crippen LogP) is 4.45. The van der Waals surface area contributed by atoms with Crippen LogP contribution in [0.25, 0.3) is 17.3 Å². The summed E-state index contributed by atoms with van der Waals surface area (Å²) in [6.07, 6.45) is 3.36. The molecule has 0 spiro atoms. The van der Waals surface area contributed by atoms with Crippen LogP contribution >= 0.6 is 0 Å². The van der Waals surface area contributed by atoms with Crippen molar-refractivity contribution >= 4 is 12.0 Å². The maximum absolute atomic E-state index is 13.5. The van der Waals surface area contributed by atoms with Crippen LogP contribution in [0.5, 0.6) is 17.2 Å². The number of amides is 1. The van der Waals surface area contributed by atoms with Crippen LogP contribution < -0.4 is 9.47 Å². The number of ether oxygens (including phenoxy) is 2. The van der Waals surface area contributed by atoms with Gasteiger partial charge in [0.15, 0.2) is 0 Å². The van der Waals surface area contributed by atoms with Crippen LogP contribution in [0, 0.1) is 0 Å². The van der Waals surface area contributed by atoms with E-state index in [4.69, 9.17) is 9.47 Å². The summed E-state index contributed by atoms with van der Waals surface area (Å²) in [5.41, 5.74) is 3.96. The molecule has 1 aromatic heterocycles. The highest BCUT2D eigenvalue weighted by Crippen LogP contribution is 2.28. The Bertz CT molecular complexity index is 1350. The van der Waals surface area contributed by atoms with Gasteiger partial charge in [-0.3, -0.25) is 4.79 Å². The Labute approximate surface area is 210 Å². The van der Waals surface area contributed by atoms with Crippen molar-refractivity contribution in [2.24, 2.45) is 7.05 Å². The highest BCUT2D eigenvalue weighted by atomic mass is 16.5. The second kappa shape index (κ2) is 11.2. The zero-order valence-corrected chi connectivity index (χ0v) is 20.5. The molecule has 4 aromatic rings. The normalized spacial score (nSPS) is 11.0. The molecule has 0 saturated carbocycles. The summed E-state index contributed by atoms with van der Waals surface area (Å²) in [6, 6.07) is 21.9. The number of aromatic nitrogens is 3. The van der Waals surface area contributed by atoms with E-state index in [2.05, 4.69) is 10.3 Å². The van der Waals surface area contributed by atoms with E-state index in [1.807, 2.05) is 42.5 Å². The number of methoxy groups -OCH3 is 2. The fourth-order valence-corrected chi connectivity index (χ4v) is 3.82. The SMILES string of the molecule is COc1ccc(CN(Cc2c(-c3ccc(O)cc3)nnn2C)C(=O)/C=C/c2ccccc2)c(OC)c1. The van der Waals surface area contributed by atoms with Gasteiger partial charge in [0, 0.05) is 30.3 Å². The Morgan fingerprint density at radius 1 is 1.00 bits per heavy atom. The lowest BCUT2D eigenvalue weighted by Crippen LogP contribution is -2.30. The summed E-state index contributed by atoms with van der Waals surface area (Å²) in [5, 5.41) is 18.2. The average Bonchev–Trinajstić information content (AvgIpc) is 3.27. The quantitative estimate of drug-likeness (QED) is 0.353. The molecule has 0 aliphatic heterocycles. The highest BCUT2D eigenvalue weighted by Gasteiger charge is 2.21. The van der Waals surface area contributed by atoms with Crippen LogP contribution in [0.1, 0.15) is 16.8 Å². The van der Waals surface area contributed by atoms with Gasteiger partial charge < -0.3 is 19.5 Å². The minimum Gasteiger partial charge on any atom is -0.508 e. The van der Waals surface area contributed by atoms with Gasteiger partial charge in [-0.05, 0) is 48.0 Å². The Morgan fingerprint density at radius 2 is 1.75 bits per heavy atom. The molecule has 0 aliphatic carbocycles. The fourth-order valence-electron chi connectivity index (χ4n) is 3.82. The van der Waals surface area contributed by atoms with Crippen molar-refractivity contribution in [3.05, 3.63) is 95.7 Å². The first-order chi connectivity index (χ1) is 17.5. The van der Waals surface area contributed by atoms with Gasteiger partial charge in [-0.1, -0.05) is 35.5 Å². The van der Waals surface area contributed by atoms with Crippen molar-refractivity contribution in [3.63, 3.8) is 0 Å². The second-order valence-electron chi connectivity index (χ2n) is 8.17. The van der Waals surface area contributed by atoms with Gasteiger partial charge in [0.1, 0.15) is 22.9 Å². The molecule has 0 aliphatic rings. The van der Waals surface area contributed by atoms with Crippen molar-refractivity contribution in [1.82, 2.24) is 19.9 Å². The number of phenols is 1. The lowest BCUT2D eigenvalue weighted by Gasteiger charge is -2.23. The largest absolute Gasteiger partial charge is 0.508 e. The Hall–Kier alpha value is -4.59. The smallest absolute Gasteiger partial charge is 0.247 e. The van der Waals surface area contributed by atoms with Crippen molar-refractivity contribution < 1.29 is 19.4 Å². The first kappa shape index (κ1) is 24.5. The number of aromatic hydroxyl groups is 1. The second-order valence-corrected chi connectivity index (χ2v) is 8.17. The minimum absolute atomic E-state index is 0.165. The summed E-state index contributed by atoms with van der Waals surface area (Å²) >= 11 is 0. The van der Waals surface area contributed by atoms with E-state index in [1.165, 1.54) is 0 Å². The van der Waals surface area contributed by atoms with E-state index in [9.17, 15) is 9.90 Å². The van der Waals surface area contributed by atoms with Crippen LogP contribution in [-0.4, -0.2) is 45.1 Å². The standard InChI is InChI=1S/C28H28N4O4/c1-31-25(28(29-30-31)21-10-13-23(33)14-11-21)19-32(27(34)16-9-20-7-5-4-6-8-20)18-22-12-15-24(35-2)17-26(22)36-3/h4-17,33H,18-19H2,1-3H3/b16-9+. The third kappa shape index (κ3) is 5.72. The molecule has 1 heterocycles. The Kier molecular flexibility index (Phi) is 7.65. The Morgan fingerprint density at radius 3 is 2.44 bits per heavy atom. The molecule has 0 atom stereocenters. The van der Waals surface area contributed by atoms with Crippen molar-refractivity contribution in [1.29, 1.82) is 0 Å². The number of phenolic OH excluding ortho intramolecular Hbond substituents is 1. The number of hydrogen-bond acceptors (Lipinski definition) is 6. The van der Waals surface area contributed by atoms with Crippen molar-refractivity contribution in [2.45, 2.75) is 13.1 Å². The molecule has 0 radical (unpaired) electrons. The first-order valence-electron chi connectivity index (χ1n) is 11.4. The minimum atomic E-state index is -0.172. The van der Waals surface area contributed by atoms with E-state index in [0.717, 1.165) is 22.4 Å². The van der Waals surface area contributed by atoms with Gasteiger partial charge in [0.2, 0.25) is 5.91 Å². The van der Waals surface area contributed by atoms with Gasteiger partial charge in [0.25, 0.3) is 0 Å². The summed E-state index contributed by atoms with van der Waals surface area (Å²) in [4.78, 5) is 15.2. The molecular formula is C28H28N4O4. The first-order valence-corrected chi connectivity index (χ1v) is 11.4. The molecule has 0 unspecified atom stereocenters. The van der Waals surface area contributed by atoms with Crippen molar-refractivity contribution in [2.75, 3.05) is 14.2 Å². The molecule has 184 valence electrons. The molecule has 4 rings (SSSR count). The summed E-state index contributed by atoms with van der Waals surface area (Å²) in [5.74, 6) is 1.29. The molecule has 8 heteroatoms. The molecule has 0 fully saturated rings. The van der Waals surface area contributed by atoms with E-state index in [1.54, 1.807) is 73.3 Å². The lowest BCUT2D eigenvalue weighted by molar-refractivity contribution is -0.127. The van der Waals surface area contributed by atoms with Crippen molar-refractivity contribution in [3.8, 4) is 28.5 Å². The van der Waals surface area contributed by atoms with Gasteiger partial charge in [0.05, 0.1) is 33.0 Å². The molecule has 3 aromatic carbocycles. The summed E-state index contributed by atoms with van der Waals surface area (Å²) in [7, 11) is 4.98. The van der Waals surface area contributed by atoms with Crippen LogP contribution in [-0.2, 0) is 24.9 Å². The molecule has 0 saturated heterocycles. The van der Waals surface area contributed by atoms with Crippen LogP contribution in [0.4, 0.5) is 0 Å². The highest BCUT2D eigenvalue weighted by molar-refractivity contribution is 5.91. The van der Waals surface area contributed by atoms with Crippen LogP contribution in [0.2, 0.25) is 0 Å². The number of aryl methyl sites for hydroxylation is 1. The molecule has 1 amide bonds. The van der Waals surface area contributed by atoms with Gasteiger partial charge in [-0.2, -0.15) is 0 Å². The third-order valence-electron chi connectivity index (χ3n) is 5.81. The van der Waals surface area contributed by atoms with E-state index < -0.39 is 0 Å². The van der Waals surface area contributed by atoms with Gasteiger partial charge in [-0.15, -0.1) is 5.10 Å². The number of rotatable bonds is 9. The fraction of sp³-hybridized carbons (Fsp3) is 0.179. The van der Waals surface area contributed by atoms with E-state index in [0.29, 0.717) is 23.7 Å². The van der Waals surface area contributed by atoms with Crippen LogP contribution in [0.15, 0.2) is 78.9 Å². The molecule has 8 nitrogen and oxygen atoms in total. The monoisotopic (exact) mass is 484 g/mol. The maximum atomic E-state index is 13.5. The van der Waals surface area contributed by atoms with Gasteiger partial charge in [-0.25, -0.2) is 4.68 Å². The zero-order valence-electron chi connectivity index (χ0n) is 20.5. The molecule has 0 bridgehead atoms. The number of nitrogens with zero attached hydrogens (tertiary/aromatic N) is 4. The topological polar surface area (TPSA) is 89.7 Å². The number of carbonyl (C=O) groups excluding carboxylic acids is 1. The lowest BCUT2D eigenvalue weighted by atomic mass is 10.1. The summed E-state index contributed by atoms with van der Waals surface area (Å²) < 4.78 is 12.5. The van der Waals surface area contributed by atoms with E-state index >= 15 is 0 Å². The summed E-state index contributed by atoms with van der Waals surface area (Å²) in [6.45, 7) is 0.554. The van der Waals surface area contributed by atoms with E-state index in [-0.39, 0.29) is 18.2 Å². The number of carbonyl (C=O) groups is 1. The zero-order chi connectivity index (χ0) is 25.5. The van der Waals surface area contributed by atoms with Crippen LogP contribution in [0.3, 0.4) is 0 Å². The molecule has 36 heavy (non-hydrogen) atoms. The molecule has 1 N–H and O–H groups in total. The third-order valence-corrected chi connectivity index (χ3v) is 5.81. The Balaban J connectivity index is 1.68. The number of hydrogen-bond donors (Lipinski definition) is 1. The predicted molar refractivity (Wildman–Crippen MR) is 137 cm³/mol.